The minimum absolute atomic E-state index is 0.0511. The molecule has 5 nitrogen and oxygen atoms in total. The molecule has 0 bridgehead atoms. The van der Waals surface area contributed by atoms with E-state index in [0.29, 0.717) is 10.0 Å². The lowest BCUT2D eigenvalue weighted by Crippen LogP contribution is -2.39. The maximum absolute atomic E-state index is 12.8. The highest BCUT2D eigenvalue weighted by molar-refractivity contribution is 7.89. The number of halogens is 2. The van der Waals surface area contributed by atoms with Gasteiger partial charge in [0.1, 0.15) is 0 Å². The number of nitrogens with one attached hydrogen (secondary N) is 1. The van der Waals surface area contributed by atoms with Crippen LogP contribution in [0.25, 0.3) is 0 Å². The smallest absolute Gasteiger partial charge is 0.243 e. The summed E-state index contributed by atoms with van der Waals surface area (Å²) in [5, 5.41) is 3.42. The fourth-order valence-electron chi connectivity index (χ4n) is 2.01. The van der Waals surface area contributed by atoms with Crippen LogP contribution >= 0.6 is 23.2 Å². The van der Waals surface area contributed by atoms with Crippen molar-refractivity contribution in [2.24, 2.45) is 0 Å². The lowest BCUT2D eigenvalue weighted by molar-refractivity contribution is -0.120. The van der Waals surface area contributed by atoms with E-state index >= 15 is 0 Å². The van der Waals surface area contributed by atoms with Crippen LogP contribution in [0.2, 0.25) is 10.0 Å². The van der Waals surface area contributed by atoms with E-state index in [-0.39, 0.29) is 18.0 Å². The number of carbonyl (C=O) groups is 1. The van der Waals surface area contributed by atoms with Crippen LogP contribution in [0.4, 0.5) is 0 Å². The lowest BCUT2D eigenvalue weighted by atomic mass is 10.2. The summed E-state index contributed by atoms with van der Waals surface area (Å²) < 4.78 is 26.8. The summed E-state index contributed by atoms with van der Waals surface area (Å²) in [6.45, 7) is -0.236. The number of hydrogen-bond acceptors (Lipinski definition) is 3. The zero-order valence-electron chi connectivity index (χ0n) is 12.9. The number of benzene rings is 2. The molecule has 0 saturated carbocycles. The minimum Gasteiger partial charge on any atom is -0.358 e. The van der Waals surface area contributed by atoms with Gasteiger partial charge in [0.15, 0.2) is 0 Å². The van der Waals surface area contributed by atoms with Gasteiger partial charge < -0.3 is 5.32 Å². The van der Waals surface area contributed by atoms with E-state index in [1.807, 2.05) is 0 Å². The topological polar surface area (TPSA) is 66.5 Å². The molecule has 1 amide bonds. The number of rotatable bonds is 6. The van der Waals surface area contributed by atoms with Gasteiger partial charge >= 0.3 is 0 Å². The number of likely N-dealkylation sites (N-methyl/N-ethyl adjacent to an activating group) is 1. The summed E-state index contributed by atoms with van der Waals surface area (Å²) in [4.78, 5) is 11.8. The predicted octanol–water partition coefficient (Wildman–Crippen LogP) is 2.93. The van der Waals surface area contributed by atoms with Crippen LogP contribution in [0, 0.1) is 0 Å². The van der Waals surface area contributed by atoms with Crippen LogP contribution in [0.3, 0.4) is 0 Å². The Kier molecular flexibility index (Phi) is 6.23. The number of nitrogens with zero attached hydrogens (tertiary/aromatic N) is 1. The summed E-state index contributed by atoms with van der Waals surface area (Å²) in [5.74, 6) is -0.401. The van der Waals surface area contributed by atoms with E-state index in [0.717, 1.165) is 9.87 Å². The van der Waals surface area contributed by atoms with E-state index in [1.165, 1.54) is 31.3 Å². The van der Waals surface area contributed by atoms with Crippen LogP contribution in [-0.4, -0.2) is 32.2 Å². The Morgan fingerprint density at radius 3 is 2.00 bits per heavy atom. The van der Waals surface area contributed by atoms with Gasteiger partial charge in [0.2, 0.25) is 15.9 Å². The van der Waals surface area contributed by atoms with Gasteiger partial charge in [-0.15, -0.1) is 0 Å². The first-order valence-electron chi connectivity index (χ1n) is 7.03. The van der Waals surface area contributed by atoms with Gasteiger partial charge in [-0.2, -0.15) is 4.31 Å². The zero-order valence-corrected chi connectivity index (χ0v) is 15.2. The third-order valence-corrected chi connectivity index (χ3v) is 5.63. The Bertz CT molecular complexity index is 806. The van der Waals surface area contributed by atoms with Crippen molar-refractivity contribution in [1.29, 1.82) is 0 Å². The molecular formula is C16H16Cl2N2O3S. The van der Waals surface area contributed by atoms with Crippen molar-refractivity contribution in [2.75, 3.05) is 13.6 Å². The van der Waals surface area contributed by atoms with Crippen LogP contribution < -0.4 is 5.32 Å². The number of carbonyl (C=O) groups excluding carboxylic acids is 1. The molecule has 0 aliphatic rings. The predicted molar refractivity (Wildman–Crippen MR) is 94.6 cm³/mol. The molecule has 0 radical (unpaired) electrons. The molecule has 0 fully saturated rings. The second-order valence-electron chi connectivity index (χ2n) is 5.03. The normalized spacial score (nSPS) is 11.5. The first-order valence-corrected chi connectivity index (χ1v) is 9.23. The third-order valence-electron chi connectivity index (χ3n) is 3.32. The van der Waals surface area contributed by atoms with Crippen molar-refractivity contribution in [3.63, 3.8) is 0 Å². The Labute approximate surface area is 151 Å². The largest absolute Gasteiger partial charge is 0.358 e. The molecule has 0 spiro atoms. The highest BCUT2D eigenvalue weighted by atomic mass is 35.5. The average molecular weight is 387 g/mol. The van der Waals surface area contributed by atoms with Crippen molar-refractivity contribution in [2.45, 2.75) is 11.4 Å². The molecule has 0 aromatic heterocycles. The van der Waals surface area contributed by atoms with Gasteiger partial charge in [0, 0.05) is 23.6 Å². The Balaban J connectivity index is 2.35. The Hall–Kier alpha value is -1.60. The average Bonchev–Trinajstić information content (AvgIpc) is 2.56. The summed E-state index contributed by atoms with van der Waals surface area (Å²) in [5.41, 5.74) is 0.723. The third kappa shape index (κ3) is 4.70. The highest BCUT2D eigenvalue weighted by Crippen LogP contribution is 2.21. The van der Waals surface area contributed by atoms with E-state index in [1.54, 1.807) is 24.3 Å². The van der Waals surface area contributed by atoms with E-state index in [4.69, 9.17) is 23.2 Å². The first kappa shape index (κ1) is 18.7. The molecule has 24 heavy (non-hydrogen) atoms. The molecule has 1 N–H and O–H groups in total. The molecule has 0 aliphatic heterocycles. The molecule has 0 saturated heterocycles. The summed E-state index contributed by atoms with van der Waals surface area (Å²) in [7, 11) is -2.39. The molecule has 0 unspecified atom stereocenters. The fourth-order valence-corrected chi connectivity index (χ4v) is 3.65. The van der Waals surface area contributed by atoms with Gasteiger partial charge in [0.25, 0.3) is 0 Å². The summed E-state index contributed by atoms with van der Waals surface area (Å²) in [6, 6.07) is 12.6. The van der Waals surface area contributed by atoms with Gasteiger partial charge in [-0.25, -0.2) is 8.42 Å². The molecule has 0 atom stereocenters. The van der Waals surface area contributed by atoms with Crippen LogP contribution in [0.5, 0.6) is 0 Å². The highest BCUT2D eigenvalue weighted by Gasteiger charge is 2.26. The van der Waals surface area contributed by atoms with Gasteiger partial charge in [-0.1, -0.05) is 35.3 Å². The van der Waals surface area contributed by atoms with Gasteiger partial charge in [-0.05, 0) is 42.0 Å². The Morgan fingerprint density at radius 2 is 1.50 bits per heavy atom. The van der Waals surface area contributed by atoms with Crippen molar-refractivity contribution < 1.29 is 13.2 Å². The van der Waals surface area contributed by atoms with Crippen molar-refractivity contribution in [3.8, 4) is 0 Å². The molecule has 2 aromatic rings. The van der Waals surface area contributed by atoms with E-state index in [2.05, 4.69) is 5.32 Å². The monoisotopic (exact) mass is 386 g/mol. The molecule has 128 valence electrons. The van der Waals surface area contributed by atoms with Crippen LogP contribution in [0.15, 0.2) is 53.4 Å². The Morgan fingerprint density at radius 1 is 1.00 bits per heavy atom. The molecule has 8 heteroatoms. The number of hydrogen-bond donors (Lipinski definition) is 1. The summed E-state index contributed by atoms with van der Waals surface area (Å²) in [6.07, 6.45) is 0. The molecule has 0 heterocycles. The SMILES string of the molecule is CNC(=O)CN(Cc1ccc(Cl)cc1)S(=O)(=O)c1ccc(Cl)cc1. The minimum atomic E-state index is -3.85. The van der Waals surface area contributed by atoms with Crippen LogP contribution in [-0.2, 0) is 21.4 Å². The molecular weight excluding hydrogens is 371 g/mol. The van der Waals surface area contributed by atoms with Crippen molar-refractivity contribution >= 4 is 39.1 Å². The maximum Gasteiger partial charge on any atom is 0.243 e. The zero-order chi connectivity index (χ0) is 17.7. The van der Waals surface area contributed by atoms with Crippen molar-refractivity contribution in [1.82, 2.24) is 9.62 Å². The number of sulfonamides is 1. The van der Waals surface area contributed by atoms with Gasteiger partial charge in [-0.3, -0.25) is 4.79 Å². The second-order valence-corrected chi connectivity index (χ2v) is 7.84. The lowest BCUT2D eigenvalue weighted by Gasteiger charge is -2.21. The van der Waals surface area contributed by atoms with E-state index in [9.17, 15) is 13.2 Å². The quantitative estimate of drug-likeness (QED) is 0.829. The van der Waals surface area contributed by atoms with Crippen LogP contribution in [0.1, 0.15) is 5.56 Å². The molecule has 0 aliphatic carbocycles. The summed E-state index contributed by atoms with van der Waals surface area (Å²) >= 11 is 11.7. The maximum atomic E-state index is 12.8. The number of amides is 1. The fraction of sp³-hybridized carbons (Fsp3) is 0.188. The molecule has 2 aromatic carbocycles. The first-order chi connectivity index (χ1) is 11.3. The van der Waals surface area contributed by atoms with Gasteiger partial charge in [0.05, 0.1) is 11.4 Å². The second kappa shape index (κ2) is 7.98. The standard InChI is InChI=1S/C16H16Cl2N2O3S/c1-19-16(21)11-20(10-12-2-4-13(17)5-3-12)24(22,23)15-8-6-14(18)7-9-15/h2-9H,10-11H2,1H3,(H,19,21). The molecule has 2 rings (SSSR count). The van der Waals surface area contributed by atoms with Crippen molar-refractivity contribution in [3.05, 3.63) is 64.1 Å². The van der Waals surface area contributed by atoms with E-state index < -0.39 is 15.9 Å².